The smallest absolute Gasteiger partial charge is 0.340 e. The Hall–Kier alpha value is -1.72. The molecule has 0 bridgehead atoms. The fraction of sp³-hybridized carbons (Fsp3) is 0.143. The molecule has 96 valence electrons. The van der Waals surface area contributed by atoms with Crippen molar-refractivity contribution in [3.63, 3.8) is 0 Å². The number of thiocarbonyl (C=S) groups is 1. The summed E-state index contributed by atoms with van der Waals surface area (Å²) in [6.07, 6.45) is 0. The SMILES string of the molecule is CN1c2ccccc2C(=S)[C@@]1(C(=O)O)c1cccs1. The van der Waals surface area contributed by atoms with Gasteiger partial charge in [-0.25, -0.2) is 4.79 Å². The maximum absolute atomic E-state index is 12.0. The van der Waals surface area contributed by atoms with Crippen LogP contribution in [0.25, 0.3) is 0 Å². The van der Waals surface area contributed by atoms with Gasteiger partial charge in [0, 0.05) is 23.2 Å². The quantitative estimate of drug-likeness (QED) is 0.863. The maximum Gasteiger partial charge on any atom is 0.340 e. The lowest BCUT2D eigenvalue weighted by Gasteiger charge is -2.32. The molecule has 0 amide bonds. The van der Waals surface area contributed by atoms with Crippen molar-refractivity contribution >= 4 is 40.1 Å². The van der Waals surface area contributed by atoms with Gasteiger partial charge in [-0.2, -0.15) is 0 Å². The molecule has 1 atom stereocenters. The molecule has 0 radical (unpaired) electrons. The summed E-state index contributed by atoms with van der Waals surface area (Å²) in [5, 5.41) is 11.7. The number of carbonyl (C=O) groups is 1. The summed E-state index contributed by atoms with van der Waals surface area (Å²) in [4.78, 5) is 14.9. The van der Waals surface area contributed by atoms with Crippen molar-refractivity contribution in [3.05, 3.63) is 52.2 Å². The van der Waals surface area contributed by atoms with E-state index in [-0.39, 0.29) is 0 Å². The fourth-order valence-corrected chi connectivity index (χ4v) is 4.12. The van der Waals surface area contributed by atoms with Crippen LogP contribution < -0.4 is 4.90 Å². The highest BCUT2D eigenvalue weighted by Gasteiger charge is 2.54. The van der Waals surface area contributed by atoms with Crippen molar-refractivity contribution in [1.29, 1.82) is 0 Å². The molecule has 1 aromatic carbocycles. The summed E-state index contributed by atoms with van der Waals surface area (Å²) in [5.41, 5.74) is 0.437. The molecule has 0 spiro atoms. The molecule has 0 fully saturated rings. The van der Waals surface area contributed by atoms with Crippen molar-refractivity contribution in [1.82, 2.24) is 0 Å². The molecular formula is C14H11NO2S2. The van der Waals surface area contributed by atoms with Gasteiger partial charge in [0.25, 0.3) is 0 Å². The van der Waals surface area contributed by atoms with Crippen LogP contribution in [0.2, 0.25) is 0 Å². The number of fused-ring (bicyclic) bond motifs is 1. The molecule has 5 heteroatoms. The molecule has 1 N–H and O–H groups in total. The summed E-state index contributed by atoms with van der Waals surface area (Å²) >= 11 is 6.91. The molecular weight excluding hydrogens is 278 g/mol. The molecule has 0 saturated heterocycles. The standard InChI is InChI=1S/C14H11NO2S2/c1-15-10-6-3-2-5-9(10)12(18)14(15,13(16)17)11-7-4-8-19-11/h2-8H,1H3,(H,16,17)/t14-/m1/s1. The average molecular weight is 289 g/mol. The summed E-state index contributed by atoms with van der Waals surface area (Å²) in [6, 6.07) is 11.2. The molecule has 2 aromatic rings. The topological polar surface area (TPSA) is 40.5 Å². The molecule has 1 aliphatic rings. The highest BCUT2D eigenvalue weighted by molar-refractivity contribution is 7.81. The average Bonchev–Trinajstić information content (AvgIpc) is 2.99. The Morgan fingerprint density at radius 2 is 2.05 bits per heavy atom. The molecule has 0 aliphatic carbocycles. The second-order valence-corrected chi connectivity index (χ2v) is 5.75. The highest BCUT2D eigenvalue weighted by atomic mass is 32.1. The summed E-state index contributed by atoms with van der Waals surface area (Å²) in [6.45, 7) is 0. The van der Waals surface area contributed by atoms with Crippen LogP contribution in [-0.2, 0) is 10.3 Å². The number of likely N-dealkylation sites (N-methyl/N-ethyl adjacent to an activating group) is 1. The Morgan fingerprint density at radius 1 is 1.32 bits per heavy atom. The third-order valence-corrected chi connectivity index (χ3v) is 5.02. The van der Waals surface area contributed by atoms with E-state index in [4.69, 9.17) is 12.2 Å². The fourth-order valence-electron chi connectivity index (χ4n) is 2.59. The molecule has 1 aliphatic heterocycles. The van der Waals surface area contributed by atoms with Crippen molar-refractivity contribution < 1.29 is 9.90 Å². The number of benzene rings is 1. The second kappa shape index (κ2) is 4.15. The van der Waals surface area contributed by atoms with E-state index in [0.717, 1.165) is 16.1 Å². The van der Waals surface area contributed by atoms with E-state index in [2.05, 4.69) is 0 Å². The molecule has 2 heterocycles. The van der Waals surface area contributed by atoms with E-state index < -0.39 is 11.5 Å². The molecule has 3 rings (SSSR count). The van der Waals surface area contributed by atoms with E-state index in [1.54, 1.807) is 11.9 Å². The molecule has 1 aromatic heterocycles. The summed E-state index contributed by atoms with van der Waals surface area (Å²) in [5.74, 6) is -0.932. The van der Waals surface area contributed by atoms with Crippen LogP contribution in [0.1, 0.15) is 10.4 Å². The normalized spacial score (nSPS) is 21.5. The van der Waals surface area contributed by atoms with E-state index >= 15 is 0 Å². The Labute approximate surface area is 120 Å². The lowest BCUT2D eigenvalue weighted by Crippen LogP contribution is -2.51. The van der Waals surface area contributed by atoms with Crippen LogP contribution in [0.3, 0.4) is 0 Å². The molecule has 0 unspecified atom stereocenters. The van der Waals surface area contributed by atoms with E-state index in [1.807, 2.05) is 41.8 Å². The predicted molar refractivity (Wildman–Crippen MR) is 80.2 cm³/mol. The van der Waals surface area contributed by atoms with Crippen LogP contribution in [-0.4, -0.2) is 23.0 Å². The van der Waals surface area contributed by atoms with E-state index in [1.165, 1.54) is 11.3 Å². The first kappa shape index (κ1) is 12.3. The van der Waals surface area contributed by atoms with Gasteiger partial charge in [0.2, 0.25) is 5.54 Å². The Morgan fingerprint density at radius 3 is 2.63 bits per heavy atom. The molecule has 0 saturated carbocycles. The molecule has 19 heavy (non-hydrogen) atoms. The summed E-state index contributed by atoms with van der Waals surface area (Å²) in [7, 11) is 1.78. The second-order valence-electron chi connectivity index (χ2n) is 4.40. The maximum atomic E-state index is 12.0. The van der Waals surface area contributed by atoms with Gasteiger partial charge in [-0.3, -0.25) is 0 Å². The van der Waals surface area contributed by atoms with Crippen LogP contribution in [0.4, 0.5) is 5.69 Å². The monoisotopic (exact) mass is 289 g/mol. The van der Waals surface area contributed by atoms with Gasteiger partial charge in [-0.15, -0.1) is 11.3 Å². The Bertz CT molecular complexity index is 666. The van der Waals surface area contributed by atoms with Gasteiger partial charge in [0.1, 0.15) is 0 Å². The number of hydrogen-bond donors (Lipinski definition) is 1. The van der Waals surface area contributed by atoms with Gasteiger partial charge in [0.15, 0.2) is 0 Å². The zero-order valence-corrected chi connectivity index (χ0v) is 11.8. The van der Waals surface area contributed by atoms with Gasteiger partial charge in [0.05, 0.1) is 4.86 Å². The van der Waals surface area contributed by atoms with Gasteiger partial charge >= 0.3 is 5.97 Å². The van der Waals surface area contributed by atoms with Gasteiger partial charge in [-0.05, 0) is 17.5 Å². The predicted octanol–water partition coefficient (Wildman–Crippen LogP) is 2.90. The Kier molecular flexibility index (Phi) is 2.69. The number of nitrogens with zero attached hydrogens (tertiary/aromatic N) is 1. The number of carboxylic acid groups (broad SMARTS) is 1. The van der Waals surface area contributed by atoms with Gasteiger partial charge < -0.3 is 10.0 Å². The summed E-state index contributed by atoms with van der Waals surface area (Å²) < 4.78 is 0. The lowest BCUT2D eigenvalue weighted by atomic mass is 9.92. The number of rotatable bonds is 2. The number of thiophene rings is 1. The highest BCUT2D eigenvalue weighted by Crippen LogP contribution is 2.46. The number of para-hydroxylation sites is 1. The van der Waals surface area contributed by atoms with Crippen LogP contribution in [0.5, 0.6) is 0 Å². The minimum Gasteiger partial charge on any atom is -0.479 e. The first-order chi connectivity index (χ1) is 9.10. The lowest BCUT2D eigenvalue weighted by molar-refractivity contribution is -0.140. The molecule has 3 nitrogen and oxygen atoms in total. The number of aliphatic carboxylic acids is 1. The largest absolute Gasteiger partial charge is 0.479 e. The van der Waals surface area contributed by atoms with E-state index in [0.29, 0.717) is 4.86 Å². The minimum atomic E-state index is -1.26. The van der Waals surface area contributed by atoms with Gasteiger partial charge in [-0.1, -0.05) is 36.5 Å². The first-order valence-electron chi connectivity index (χ1n) is 5.75. The van der Waals surface area contributed by atoms with Crippen molar-refractivity contribution in [3.8, 4) is 0 Å². The van der Waals surface area contributed by atoms with Crippen molar-refractivity contribution in [2.24, 2.45) is 0 Å². The third kappa shape index (κ3) is 1.42. The number of carboxylic acids is 1. The van der Waals surface area contributed by atoms with Crippen molar-refractivity contribution in [2.75, 3.05) is 11.9 Å². The van der Waals surface area contributed by atoms with Crippen LogP contribution in [0, 0.1) is 0 Å². The third-order valence-electron chi connectivity index (χ3n) is 3.53. The van der Waals surface area contributed by atoms with Crippen LogP contribution >= 0.6 is 23.6 Å². The first-order valence-corrected chi connectivity index (χ1v) is 7.04. The minimum absolute atomic E-state index is 0.459. The van der Waals surface area contributed by atoms with Crippen molar-refractivity contribution in [2.45, 2.75) is 5.54 Å². The Balaban J connectivity index is 2.30. The van der Waals surface area contributed by atoms with Crippen LogP contribution in [0.15, 0.2) is 41.8 Å². The number of hydrogen-bond acceptors (Lipinski definition) is 4. The number of anilines is 1. The zero-order valence-electron chi connectivity index (χ0n) is 10.2. The zero-order chi connectivity index (χ0) is 13.6. The van der Waals surface area contributed by atoms with E-state index in [9.17, 15) is 9.90 Å².